The van der Waals surface area contributed by atoms with Gasteiger partial charge in [-0.25, -0.2) is 8.78 Å². The van der Waals surface area contributed by atoms with E-state index in [9.17, 15) is 8.78 Å². The second-order valence-corrected chi connectivity index (χ2v) is 4.58. The highest BCUT2D eigenvalue weighted by molar-refractivity contribution is 5.16. The molecule has 0 radical (unpaired) electrons. The Hall–Kier alpha value is -0.960. The van der Waals surface area contributed by atoms with Gasteiger partial charge in [-0.15, -0.1) is 0 Å². The van der Waals surface area contributed by atoms with E-state index in [1.807, 2.05) is 18.2 Å². The number of hydrogen-bond acceptors (Lipinski definition) is 1. The third-order valence-electron chi connectivity index (χ3n) is 3.06. The molecule has 16 heavy (non-hydrogen) atoms. The van der Waals surface area contributed by atoms with Crippen molar-refractivity contribution in [1.82, 2.24) is 5.32 Å². The highest BCUT2D eigenvalue weighted by atomic mass is 19.3. The lowest BCUT2D eigenvalue weighted by Gasteiger charge is -2.19. The predicted molar refractivity (Wildman–Crippen MR) is 60.7 cm³/mol. The Balaban J connectivity index is 1.91. The molecule has 1 unspecified atom stereocenters. The molecule has 1 aromatic rings. The van der Waals surface area contributed by atoms with Crippen molar-refractivity contribution in [3.05, 3.63) is 35.9 Å². The third kappa shape index (κ3) is 3.27. The number of benzene rings is 1. The van der Waals surface area contributed by atoms with Gasteiger partial charge in [0.05, 0.1) is 0 Å². The molecule has 1 nitrogen and oxygen atoms in total. The van der Waals surface area contributed by atoms with Crippen molar-refractivity contribution in [3.63, 3.8) is 0 Å². The molecule has 1 atom stereocenters. The Morgan fingerprint density at radius 1 is 1.25 bits per heavy atom. The first-order chi connectivity index (χ1) is 7.66. The van der Waals surface area contributed by atoms with Crippen LogP contribution in [0.5, 0.6) is 0 Å². The van der Waals surface area contributed by atoms with Gasteiger partial charge >= 0.3 is 0 Å². The number of alkyl halides is 2. The molecule has 1 aliphatic rings. The van der Waals surface area contributed by atoms with E-state index in [1.165, 1.54) is 0 Å². The average Bonchev–Trinajstić information content (AvgIpc) is 2.70. The smallest absolute Gasteiger partial charge is 0.252 e. The van der Waals surface area contributed by atoms with Crippen molar-refractivity contribution >= 4 is 0 Å². The SMILES string of the molecule is FC(F)(Cc1ccccc1)CC1CCNC1. The lowest BCUT2D eigenvalue weighted by Crippen LogP contribution is -2.25. The topological polar surface area (TPSA) is 12.0 Å². The largest absolute Gasteiger partial charge is 0.316 e. The Morgan fingerprint density at radius 2 is 2.00 bits per heavy atom. The summed E-state index contributed by atoms with van der Waals surface area (Å²) in [4.78, 5) is 0. The molecule has 1 aliphatic heterocycles. The van der Waals surface area contributed by atoms with E-state index in [2.05, 4.69) is 5.32 Å². The van der Waals surface area contributed by atoms with Crippen LogP contribution in [-0.4, -0.2) is 19.0 Å². The molecular formula is C13H17F2N. The predicted octanol–water partition coefficient (Wildman–Crippen LogP) is 2.86. The van der Waals surface area contributed by atoms with Crippen LogP contribution in [0.25, 0.3) is 0 Å². The summed E-state index contributed by atoms with van der Waals surface area (Å²) in [7, 11) is 0. The monoisotopic (exact) mass is 225 g/mol. The minimum absolute atomic E-state index is 0.00882. The van der Waals surface area contributed by atoms with Gasteiger partial charge in [0, 0.05) is 12.8 Å². The third-order valence-corrected chi connectivity index (χ3v) is 3.06. The molecule has 0 bridgehead atoms. The van der Waals surface area contributed by atoms with Gasteiger partial charge in [-0.3, -0.25) is 0 Å². The molecule has 1 aromatic carbocycles. The number of halogens is 2. The van der Waals surface area contributed by atoms with Crippen molar-refractivity contribution in [2.75, 3.05) is 13.1 Å². The zero-order valence-electron chi connectivity index (χ0n) is 9.26. The molecule has 1 N–H and O–H groups in total. The van der Waals surface area contributed by atoms with Crippen LogP contribution in [0.2, 0.25) is 0 Å². The molecule has 0 spiro atoms. The summed E-state index contributed by atoms with van der Waals surface area (Å²) >= 11 is 0. The first kappa shape index (κ1) is 11.5. The highest BCUT2D eigenvalue weighted by Crippen LogP contribution is 2.30. The Labute approximate surface area is 94.9 Å². The molecule has 1 saturated heterocycles. The van der Waals surface area contributed by atoms with E-state index in [0.717, 1.165) is 25.1 Å². The van der Waals surface area contributed by atoms with Gasteiger partial charge in [0.15, 0.2) is 0 Å². The summed E-state index contributed by atoms with van der Waals surface area (Å²) in [5, 5.41) is 3.13. The van der Waals surface area contributed by atoms with Crippen LogP contribution >= 0.6 is 0 Å². The number of nitrogens with one attached hydrogen (secondary N) is 1. The molecular weight excluding hydrogens is 208 g/mol. The van der Waals surface area contributed by atoms with Crippen molar-refractivity contribution in [2.45, 2.75) is 25.2 Å². The van der Waals surface area contributed by atoms with E-state index >= 15 is 0 Å². The maximum Gasteiger partial charge on any atom is 0.252 e. The maximum atomic E-state index is 13.7. The van der Waals surface area contributed by atoms with Gasteiger partial charge in [0.25, 0.3) is 5.92 Å². The quantitative estimate of drug-likeness (QED) is 0.830. The van der Waals surface area contributed by atoms with Gasteiger partial charge < -0.3 is 5.32 Å². The minimum Gasteiger partial charge on any atom is -0.316 e. The van der Waals surface area contributed by atoms with E-state index < -0.39 is 5.92 Å². The molecule has 0 amide bonds. The van der Waals surface area contributed by atoms with Crippen LogP contribution < -0.4 is 5.32 Å². The Bertz CT molecular complexity index is 318. The molecule has 0 saturated carbocycles. The maximum absolute atomic E-state index is 13.7. The molecule has 2 rings (SSSR count). The van der Waals surface area contributed by atoms with Gasteiger partial charge in [0.2, 0.25) is 0 Å². The van der Waals surface area contributed by atoms with Crippen LogP contribution in [0.3, 0.4) is 0 Å². The van der Waals surface area contributed by atoms with Gasteiger partial charge in [-0.2, -0.15) is 0 Å². The number of hydrogen-bond donors (Lipinski definition) is 1. The van der Waals surface area contributed by atoms with Crippen LogP contribution in [0, 0.1) is 5.92 Å². The number of rotatable bonds is 4. The summed E-state index contributed by atoms with van der Waals surface area (Å²) in [6, 6.07) is 9.00. The van der Waals surface area contributed by atoms with Crippen molar-refractivity contribution < 1.29 is 8.78 Å². The van der Waals surface area contributed by atoms with Crippen LogP contribution in [0.1, 0.15) is 18.4 Å². The van der Waals surface area contributed by atoms with E-state index in [0.29, 0.717) is 0 Å². The fourth-order valence-electron chi connectivity index (χ4n) is 2.28. The summed E-state index contributed by atoms with van der Waals surface area (Å²) in [6.07, 6.45) is 0.754. The standard InChI is InChI=1S/C13H17F2N/c14-13(15,9-12-6-7-16-10-12)8-11-4-2-1-3-5-11/h1-5,12,16H,6-10H2. The molecule has 88 valence electrons. The zero-order valence-corrected chi connectivity index (χ0v) is 9.26. The average molecular weight is 225 g/mol. The molecule has 1 heterocycles. The van der Waals surface area contributed by atoms with Crippen molar-refractivity contribution in [1.29, 1.82) is 0 Å². The molecule has 1 fully saturated rings. The summed E-state index contributed by atoms with van der Waals surface area (Å²) in [5.41, 5.74) is 0.721. The van der Waals surface area contributed by atoms with Crippen LogP contribution in [-0.2, 0) is 6.42 Å². The van der Waals surface area contributed by atoms with Crippen LogP contribution in [0.15, 0.2) is 30.3 Å². The Kier molecular flexibility index (Phi) is 3.54. The zero-order chi connectivity index (χ0) is 11.4. The normalized spacial score (nSPS) is 21.2. The lowest BCUT2D eigenvalue weighted by molar-refractivity contribution is -0.0202. The van der Waals surface area contributed by atoms with Crippen molar-refractivity contribution in [2.24, 2.45) is 5.92 Å². The van der Waals surface area contributed by atoms with E-state index in [-0.39, 0.29) is 18.8 Å². The summed E-state index contributed by atoms with van der Waals surface area (Å²) < 4.78 is 27.5. The van der Waals surface area contributed by atoms with Gasteiger partial charge in [-0.1, -0.05) is 30.3 Å². The second kappa shape index (κ2) is 4.91. The summed E-state index contributed by atoms with van der Waals surface area (Å²) in [6.45, 7) is 1.62. The summed E-state index contributed by atoms with van der Waals surface area (Å²) in [5.74, 6) is -2.43. The minimum atomic E-state index is -2.57. The van der Waals surface area contributed by atoms with Gasteiger partial charge in [-0.05, 0) is 31.0 Å². The first-order valence-electron chi connectivity index (χ1n) is 5.78. The van der Waals surface area contributed by atoms with Crippen molar-refractivity contribution in [3.8, 4) is 0 Å². The van der Waals surface area contributed by atoms with E-state index in [4.69, 9.17) is 0 Å². The Morgan fingerprint density at radius 3 is 2.62 bits per heavy atom. The van der Waals surface area contributed by atoms with E-state index in [1.54, 1.807) is 12.1 Å². The lowest BCUT2D eigenvalue weighted by atomic mass is 9.96. The second-order valence-electron chi connectivity index (χ2n) is 4.58. The van der Waals surface area contributed by atoms with Gasteiger partial charge in [0.1, 0.15) is 0 Å². The fraction of sp³-hybridized carbons (Fsp3) is 0.538. The fourth-order valence-corrected chi connectivity index (χ4v) is 2.28. The highest BCUT2D eigenvalue weighted by Gasteiger charge is 2.33. The molecule has 0 aliphatic carbocycles. The first-order valence-corrected chi connectivity index (χ1v) is 5.78. The molecule has 0 aromatic heterocycles. The van der Waals surface area contributed by atoms with Crippen LogP contribution in [0.4, 0.5) is 8.78 Å². The molecule has 3 heteroatoms.